The molecule has 0 unspecified atom stereocenters. The van der Waals surface area contributed by atoms with Crippen molar-refractivity contribution in [1.82, 2.24) is 20.5 Å². The molecular formula is C33H26ClN5O2. The summed E-state index contributed by atoms with van der Waals surface area (Å²) in [5.74, 6) is -1.02. The highest BCUT2D eigenvalue weighted by atomic mass is 35.5. The zero-order chi connectivity index (χ0) is 28.6. The summed E-state index contributed by atoms with van der Waals surface area (Å²) >= 11 is 6.00. The maximum absolute atomic E-state index is 13.5. The van der Waals surface area contributed by atoms with Gasteiger partial charge in [-0.3, -0.25) is 9.59 Å². The van der Waals surface area contributed by atoms with E-state index in [4.69, 9.17) is 16.7 Å². The van der Waals surface area contributed by atoms with Crippen LogP contribution in [0.25, 0.3) is 23.0 Å². The number of amides is 2. The van der Waals surface area contributed by atoms with E-state index in [1.807, 2.05) is 85.1 Å². The van der Waals surface area contributed by atoms with Gasteiger partial charge < -0.3 is 5.32 Å². The second-order valence-electron chi connectivity index (χ2n) is 9.10. The standard InChI is InChI=1S/C33H26ClN5O2/c1-23(24-17-19-28(34)20-18-24)36-37-33(41)30(35-32(40)26-13-7-3-8-14-26)21-27-22-39(29-15-9-4-10-16-29)38-31(27)25-11-5-2-6-12-25/h2-22H,1H3,(H,35,40)(H,37,41)/b30-21-,36-23-. The monoisotopic (exact) mass is 559 g/mol. The smallest absolute Gasteiger partial charge is 0.287 e. The molecule has 8 heteroatoms. The molecule has 202 valence electrons. The molecule has 2 N–H and O–H groups in total. The third kappa shape index (κ3) is 6.84. The Bertz CT molecular complexity index is 1710. The molecule has 41 heavy (non-hydrogen) atoms. The first-order valence-corrected chi connectivity index (χ1v) is 13.2. The Morgan fingerprint density at radius 2 is 1.41 bits per heavy atom. The number of halogens is 1. The summed E-state index contributed by atoms with van der Waals surface area (Å²) in [5, 5.41) is 12.4. The van der Waals surface area contributed by atoms with Gasteiger partial charge in [0.05, 0.1) is 11.4 Å². The molecule has 4 aromatic carbocycles. The number of nitrogens with zero attached hydrogens (tertiary/aromatic N) is 3. The van der Waals surface area contributed by atoms with Crippen molar-refractivity contribution in [3.63, 3.8) is 0 Å². The number of rotatable bonds is 8. The van der Waals surface area contributed by atoms with Gasteiger partial charge in [0.1, 0.15) is 11.4 Å². The molecule has 0 aliphatic rings. The highest BCUT2D eigenvalue weighted by Gasteiger charge is 2.18. The molecule has 1 heterocycles. The topological polar surface area (TPSA) is 88.4 Å². The van der Waals surface area contributed by atoms with Crippen LogP contribution in [0.5, 0.6) is 0 Å². The van der Waals surface area contributed by atoms with Crippen LogP contribution in [0.2, 0.25) is 5.02 Å². The summed E-state index contributed by atoms with van der Waals surface area (Å²) in [5.41, 5.74) is 7.37. The normalized spacial score (nSPS) is 11.7. The molecule has 0 bridgehead atoms. The van der Waals surface area contributed by atoms with Crippen molar-refractivity contribution in [2.75, 3.05) is 0 Å². The molecule has 0 fully saturated rings. The van der Waals surface area contributed by atoms with Gasteiger partial charge in [0.2, 0.25) is 0 Å². The summed E-state index contributed by atoms with van der Waals surface area (Å²) in [6.07, 6.45) is 3.43. The summed E-state index contributed by atoms with van der Waals surface area (Å²) in [7, 11) is 0. The maximum atomic E-state index is 13.5. The zero-order valence-electron chi connectivity index (χ0n) is 22.2. The van der Waals surface area contributed by atoms with Crippen molar-refractivity contribution in [3.05, 3.63) is 149 Å². The summed E-state index contributed by atoms with van der Waals surface area (Å²) in [4.78, 5) is 26.6. The molecule has 5 rings (SSSR count). The maximum Gasteiger partial charge on any atom is 0.287 e. The van der Waals surface area contributed by atoms with Crippen molar-refractivity contribution in [2.45, 2.75) is 6.92 Å². The van der Waals surface area contributed by atoms with Gasteiger partial charge in [0.15, 0.2) is 0 Å². The predicted octanol–water partition coefficient (Wildman–Crippen LogP) is 6.50. The van der Waals surface area contributed by atoms with E-state index in [1.54, 1.807) is 54.1 Å². The Hall–Kier alpha value is -5.27. The fraction of sp³-hybridized carbons (Fsp3) is 0.0303. The van der Waals surface area contributed by atoms with Crippen LogP contribution in [0.1, 0.15) is 28.4 Å². The summed E-state index contributed by atoms with van der Waals surface area (Å²) in [6.45, 7) is 1.77. The molecule has 0 radical (unpaired) electrons. The van der Waals surface area contributed by atoms with Crippen molar-refractivity contribution < 1.29 is 9.59 Å². The van der Waals surface area contributed by atoms with E-state index in [1.165, 1.54) is 0 Å². The fourth-order valence-electron chi connectivity index (χ4n) is 4.07. The number of hydrogen-bond donors (Lipinski definition) is 2. The molecule has 2 amide bonds. The van der Waals surface area contributed by atoms with Crippen LogP contribution in [-0.4, -0.2) is 27.3 Å². The highest BCUT2D eigenvalue weighted by Crippen LogP contribution is 2.25. The van der Waals surface area contributed by atoms with Gasteiger partial charge in [-0.2, -0.15) is 10.2 Å². The number of aromatic nitrogens is 2. The van der Waals surface area contributed by atoms with Crippen LogP contribution in [0.15, 0.2) is 132 Å². The lowest BCUT2D eigenvalue weighted by molar-refractivity contribution is -0.117. The second kappa shape index (κ2) is 12.7. The van der Waals surface area contributed by atoms with E-state index in [0.29, 0.717) is 27.6 Å². The van der Waals surface area contributed by atoms with E-state index in [9.17, 15) is 9.59 Å². The minimum Gasteiger partial charge on any atom is -0.317 e. The molecule has 0 saturated carbocycles. The second-order valence-corrected chi connectivity index (χ2v) is 9.54. The molecule has 0 saturated heterocycles. The SMILES string of the molecule is C/C(=N/NC(=O)/C(=C/c1cn(-c2ccccc2)nc1-c1ccccc1)NC(=O)c1ccccc1)c1ccc(Cl)cc1. The molecule has 0 aliphatic heterocycles. The number of benzene rings is 4. The van der Waals surface area contributed by atoms with Crippen LogP contribution < -0.4 is 10.7 Å². The largest absolute Gasteiger partial charge is 0.317 e. The average Bonchev–Trinajstić information content (AvgIpc) is 3.45. The zero-order valence-corrected chi connectivity index (χ0v) is 22.9. The number of carbonyl (C=O) groups is 2. The number of para-hydroxylation sites is 1. The van der Waals surface area contributed by atoms with Crippen molar-refractivity contribution in [3.8, 4) is 16.9 Å². The van der Waals surface area contributed by atoms with Crippen molar-refractivity contribution in [1.29, 1.82) is 0 Å². The van der Waals surface area contributed by atoms with Crippen molar-refractivity contribution >= 4 is 35.2 Å². The minimum absolute atomic E-state index is 0.0105. The van der Waals surface area contributed by atoms with Crippen LogP contribution >= 0.6 is 11.6 Å². The third-order valence-electron chi connectivity index (χ3n) is 6.23. The number of hydrogen-bond acceptors (Lipinski definition) is 4. The Morgan fingerprint density at radius 3 is 2.07 bits per heavy atom. The molecular weight excluding hydrogens is 534 g/mol. The van der Waals surface area contributed by atoms with E-state index in [-0.39, 0.29) is 5.70 Å². The van der Waals surface area contributed by atoms with E-state index >= 15 is 0 Å². The molecule has 0 atom stereocenters. The van der Waals surface area contributed by atoms with Gasteiger partial charge in [-0.1, -0.05) is 90.5 Å². The quantitative estimate of drug-likeness (QED) is 0.129. The third-order valence-corrected chi connectivity index (χ3v) is 6.48. The van der Waals surface area contributed by atoms with Gasteiger partial charge in [-0.15, -0.1) is 0 Å². The van der Waals surface area contributed by atoms with E-state index in [2.05, 4.69) is 15.8 Å². The number of nitrogens with one attached hydrogen (secondary N) is 2. The Labute approximate surface area is 242 Å². The highest BCUT2D eigenvalue weighted by molar-refractivity contribution is 6.30. The van der Waals surface area contributed by atoms with Gasteiger partial charge in [0, 0.05) is 27.9 Å². The predicted molar refractivity (Wildman–Crippen MR) is 163 cm³/mol. The van der Waals surface area contributed by atoms with Gasteiger partial charge in [0.25, 0.3) is 11.8 Å². The Balaban J connectivity index is 1.54. The molecule has 0 aliphatic carbocycles. The first-order valence-electron chi connectivity index (χ1n) is 12.9. The minimum atomic E-state index is -0.589. The van der Waals surface area contributed by atoms with Crippen molar-refractivity contribution in [2.24, 2.45) is 5.10 Å². The lowest BCUT2D eigenvalue weighted by atomic mass is 10.1. The fourth-order valence-corrected chi connectivity index (χ4v) is 4.20. The lowest BCUT2D eigenvalue weighted by Crippen LogP contribution is -2.33. The summed E-state index contributed by atoms with van der Waals surface area (Å²) < 4.78 is 1.74. The van der Waals surface area contributed by atoms with Gasteiger partial charge in [-0.25, -0.2) is 10.1 Å². The Morgan fingerprint density at radius 1 is 0.805 bits per heavy atom. The van der Waals surface area contributed by atoms with Gasteiger partial charge in [-0.05, 0) is 55.0 Å². The van der Waals surface area contributed by atoms with Crippen LogP contribution in [0.3, 0.4) is 0 Å². The average molecular weight is 560 g/mol. The van der Waals surface area contributed by atoms with E-state index in [0.717, 1.165) is 16.8 Å². The first kappa shape index (κ1) is 27.3. The molecule has 1 aromatic heterocycles. The number of carbonyl (C=O) groups excluding carboxylic acids is 2. The first-order chi connectivity index (χ1) is 20.0. The van der Waals surface area contributed by atoms with E-state index < -0.39 is 11.8 Å². The number of hydrazone groups is 1. The van der Waals surface area contributed by atoms with Crippen LogP contribution in [0, 0.1) is 0 Å². The Kier molecular flexibility index (Phi) is 8.47. The van der Waals surface area contributed by atoms with Crippen LogP contribution in [-0.2, 0) is 4.79 Å². The van der Waals surface area contributed by atoms with Crippen LogP contribution in [0.4, 0.5) is 0 Å². The summed E-state index contributed by atoms with van der Waals surface area (Å²) in [6, 6.07) is 35.1. The lowest BCUT2D eigenvalue weighted by Gasteiger charge is -2.10. The molecule has 0 spiro atoms. The molecule has 7 nitrogen and oxygen atoms in total. The van der Waals surface area contributed by atoms with Gasteiger partial charge >= 0.3 is 0 Å². The molecule has 5 aromatic rings.